The fraction of sp³-hybridized carbons (Fsp3) is 0.450. The quantitative estimate of drug-likeness (QED) is 0.291. The van der Waals surface area contributed by atoms with Crippen molar-refractivity contribution in [2.75, 3.05) is 29.9 Å². The van der Waals surface area contributed by atoms with Gasteiger partial charge >= 0.3 is 0 Å². The number of aliphatic hydroxyl groups excluding tert-OH is 3. The van der Waals surface area contributed by atoms with E-state index in [9.17, 15) is 25.4 Å². The van der Waals surface area contributed by atoms with E-state index in [-0.39, 0.29) is 11.7 Å². The highest BCUT2D eigenvalue weighted by Crippen LogP contribution is 2.32. The lowest BCUT2D eigenvalue weighted by molar-refractivity contribution is -0.384. The minimum atomic E-state index is -1.24. The molecule has 2 fully saturated rings. The van der Waals surface area contributed by atoms with Crippen LogP contribution in [0.25, 0.3) is 11.2 Å². The van der Waals surface area contributed by atoms with Crippen LogP contribution in [-0.4, -0.2) is 83.8 Å². The van der Waals surface area contributed by atoms with Crippen molar-refractivity contribution < 1.29 is 25.0 Å². The molecule has 0 radical (unpaired) electrons. The topological polar surface area (TPSA) is 172 Å². The number of ether oxygens (including phenoxy) is 1. The van der Waals surface area contributed by atoms with Gasteiger partial charge in [0.15, 0.2) is 23.2 Å². The Hall–Kier alpha value is -3.39. The van der Waals surface area contributed by atoms with Crippen molar-refractivity contribution in [1.29, 1.82) is 0 Å². The van der Waals surface area contributed by atoms with E-state index in [0.717, 1.165) is 18.7 Å². The molecule has 0 bridgehead atoms. The normalized spacial score (nSPS) is 27.4. The summed E-state index contributed by atoms with van der Waals surface area (Å²) in [5, 5.41) is 44.0. The van der Waals surface area contributed by atoms with Gasteiger partial charge in [0.05, 0.1) is 17.9 Å². The van der Waals surface area contributed by atoms with Crippen LogP contribution in [0, 0.1) is 10.1 Å². The number of rotatable bonds is 6. The standard InChI is InChI=1S/C20H23N7O6/c28-8-14-16(29)17(30)20(33-14)26-10-23-15-18(21-9-22-19(15)26)24-11-5-6-25(7-11)12-1-3-13(4-2-12)27(31)32/h1-4,9-11,14,16-17,20,28-30H,5-8H2,(H,21,22,24)/t11-,14+,16+,17+,20+/m0/s1. The molecule has 0 saturated carbocycles. The van der Waals surface area contributed by atoms with Gasteiger partial charge in [-0.2, -0.15) is 0 Å². The highest BCUT2D eigenvalue weighted by atomic mass is 16.6. The Bertz CT molecular complexity index is 1160. The summed E-state index contributed by atoms with van der Waals surface area (Å²) in [5.41, 5.74) is 1.88. The van der Waals surface area contributed by atoms with Crippen LogP contribution in [-0.2, 0) is 4.74 Å². The van der Waals surface area contributed by atoms with Crippen LogP contribution < -0.4 is 10.2 Å². The second-order valence-corrected chi connectivity index (χ2v) is 8.12. The van der Waals surface area contributed by atoms with Crippen molar-refractivity contribution in [2.24, 2.45) is 0 Å². The lowest BCUT2D eigenvalue weighted by atomic mass is 10.1. The minimum Gasteiger partial charge on any atom is -0.394 e. The summed E-state index contributed by atoms with van der Waals surface area (Å²) >= 11 is 0. The molecule has 174 valence electrons. The average Bonchev–Trinajstić information content (AvgIpc) is 3.53. The van der Waals surface area contributed by atoms with E-state index in [2.05, 4.69) is 25.2 Å². The van der Waals surface area contributed by atoms with Gasteiger partial charge in [-0.3, -0.25) is 14.7 Å². The molecule has 2 aromatic heterocycles. The number of aliphatic hydroxyl groups is 3. The van der Waals surface area contributed by atoms with Crippen molar-refractivity contribution in [1.82, 2.24) is 19.5 Å². The zero-order chi connectivity index (χ0) is 23.1. The second kappa shape index (κ2) is 8.51. The van der Waals surface area contributed by atoms with Crippen LogP contribution in [0.3, 0.4) is 0 Å². The van der Waals surface area contributed by atoms with Gasteiger partial charge in [-0.15, -0.1) is 0 Å². The highest BCUT2D eigenvalue weighted by molar-refractivity contribution is 5.83. The smallest absolute Gasteiger partial charge is 0.269 e. The summed E-state index contributed by atoms with van der Waals surface area (Å²) in [6, 6.07) is 6.54. The van der Waals surface area contributed by atoms with E-state index in [1.165, 1.54) is 29.4 Å². The van der Waals surface area contributed by atoms with E-state index in [0.29, 0.717) is 23.5 Å². The predicted molar refractivity (Wildman–Crippen MR) is 116 cm³/mol. The van der Waals surface area contributed by atoms with Crippen LogP contribution in [0.4, 0.5) is 17.2 Å². The first-order valence-corrected chi connectivity index (χ1v) is 10.5. The monoisotopic (exact) mass is 457 g/mol. The van der Waals surface area contributed by atoms with Crippen molar-refractivity contribution in [2.45, 2.75) is 37.0 Å². The Labute approximate surface area is 187 Å². The van der Waals surface area contributed by atoms with E-state index in [1.807, 2.05) is 0 Å². The molecule has 0 unspecified atom stereocenters. The molecule has 0 aliphatic carbocycles. The molecular formula is C20H23N7O6. The third kappa shape index (κ3) is 3.84. The number of aromatic nitrogens is 4. The molecule has 5 rings (SSSR count). The molecule has 4 N–H and O–H groups in total. The molecule has 33 heavy (non-hydrogen) atoms. The number of nitrogens with one attached hydrogen (secondary N) is 1. The SMILES string of the molecule is O=[N+]([O-])c1ccc(N2CC[C@H](Nc3ncnc4c3ncn4[C@@H]3O[C@H](CO)[C@@H](O)[C@H]3O)C2)cc1. The fourth-order valence-electron chi connectivity index (χ4n) is 4.34. The summed E-state index contributed by atoms with van der Waals surface area (Å²) < 4.78 is 7.11. The summed E-state index contributed by atoms with van der Waals surface area (Å²) in [6.45, 7) is 1.04. The van der Waals surface area contributed by atoms with Crippen molar-refractivity contribution in [3.8, 4) is 0 Å². The molecule has 13 nitrogen and oxygen atoms in total. The molecular weight excluding hydrogens is 434 g/mol. The molecule has 2 aliphatic heterocycles. The lowest BCUT2D eigenvalue weighted by Gasteiger charge is -2.19. The van der Waals surface area contributed by atoms with E-state index >= 15 is 0 Å². The summed E-state index contributed by atoms with van der Waals surface area (Å²) in [4.78, 5) is 25.5. The summed E-state index contributed by atoms with van der Waals surface area (Å²) in [7, 11) is 0. The molecule has 13 heteroatoms. The molecule has 4 heterocycles. The number of nitrogens with zero attached hydrogens (tertiary/aromatic N) is 6. The Morgan fingerprint density at radius 2 is 1.97 bits per heavy atom. The van der Waals surface area contributed by atoms with E-state index in [4.69, 9.17) is 4.74 Å². The Balaban J connectivity index is 1.32. The number of nitro groups is 1. The number of hydrogen-bond donors (Lipinski definition) is 4. The Kier molecular flexibility index (Phi) is 5.54. The number of nitro benzene ring substituents is 1. The van der Waals surface area contributed by atoms with Gasteiger partial charge < -0.3 is 30.3 Å². The van der Waals surface area contributed by atoms with Crippen molar-refractivity contribution in [3.05, 3.63) is 47.0 Å². The summed E-state index contributed by atoms with van der Waals surface area (Å²) in [6.07, 6.45) is -0.620. The number of fused-ring (bicyclic) bond motifs is 1. The predicted octanol–water partition coefficient (Wildman–Crippen LogP) is 0.0368. The first-order valence-electron chi connectivity index (χ1n) is 10.5. The summed E-state index contributed by atoms with van der Waals surface area (Å²) in [5.74, 6) is 0.529. The fourth-order valence-corrected chi connectivity index (χ4v) is 4.34. The van der Waals surface area contributed by atoms with Crippen LogP contribution >= 0.6 is 0 Å². The number of imidazole rings is 1. The molecule has 3 aromatic rings. The van der Waals surface area contributed by atoms with Crippen molar-refractivity contribution in [3.63, 3.8) is 0 Å². The zero-order valence-corrected chi connectivity index (χ0v) is 17.4. The van der Waals surface area contributed by atoms with Crippen molar-refractivity contribution >= 4 is 28.4 Å². The lowest BCUT2D eigenvalue weighted by Crippen LogP contribution is -2.33. The van der Waals surface area contributed by atoms with Crippen LogP contribution in [0.5, 0.6) is 0 Å². The van der Waals surface area contributed by atoms with Crippen LogP contribution in [0.15, 0.2) is 36.9 Å². The molecule has 1 aromatic carbocycles. The maximum Gasteiger partial charge on any atom is 0.269 e. The zero-order valence-electron chi connectivity index (χ0n) is 17.4. The number of non-ortho nitro benzene ring substituents is 1. The maximum atomic E-state index is 10.9. The molecule has 2 aliphatic rings. The van der Waals surface area contributed by atoms with Gasteiger partial charge in [-0.05, 0) is 18.6 Å². The Morgan fingerprint density at radius 1 is 1.18 bits per heavy atom. The third-order valence-corrected chi connectivity index (χ3v) is 6.10. The van der Waals surface area contributed by atoms with E-state index in [1.54, 1.807) is 12.1 Å². The number of anilines is 2. The minimum absolute atomic E-state index is 0.0563. The van der Waals surface area contributed by atoms with Gasteiger partial charge in [0.2, 0.25) is 0 Å². The molecule has 0 amide bonds. The Morgan fingerprint density at radius 3 is 2.67 bits per heavy atom. The van der Waals surface area contributed by atoms with Gasteiger partial charge in [-0.1, -0.05) is 0 Å². The maximum absolute atomic E-state index is 10.9. The first kappa shape index (κ1) is 21.5. The second-order valence-electron chi connectivity index (χ2n) is 8.12. The average molecular weight is 457 g/mol. The largest absolute Gasteiger partial charge is 0.394 e. The van der Waals surface area contributed by atoms with Gasteiger partial charge in [0.1, 0.15) is 24.6 Å². The molecule has 5 atom stereocenters. The number of benzene rings is 1. The first-order chi connectivity index (χ1) is 16.0. The van der Waals surface area contributed by atoms with Gasteiger partial charge in [0, 0.05) is 37.0 Å². The molecule has 0 spiro atoms. The molecule has 2 saturated heterocycles. The van der Waals surface area contributed by atoms with Crippen LogP contribution in [0.1, 0.15) is 12.6 Å². The van der Waals surface area contributed by atoms with Gasteiger partial charge in [-0.25, -0.2) is 15.0 Å². The third-order valence-electron chi connectivity index (χ3n) is 6.10. The van der Waals surface area contributed by atoms with Crippen LogP contribution in [0.2, 0.25) is 0 Å². The number of hydrogen-bond acceptors (Lipinski definition) is 11. The van der Waals surface area contributed by atoms with E-state index < -0.39 is 36.1 Å². The highest BCUT2D eigenvalue weighted by Gasteiger charge is 2.44. The van der Waals surface area contributed by atoms with Gasteiger partial charge in [0.25, 0.3) is 5.69 Å².